The predicted molar refractivity (Wildman–Crippen MR) is 142 cm³/mol. The van der Waals surface area contributed by atoms with Crippen molar-refractivity contribution in [3.05, 3.63) is 70.1 Å². The van der Waals surface area contributed by atoms with E-state index in [2.05, 4.69) is 15.4 Å². The maximum atomic E-state index is 12.9. The van der Waals surface area contributed by atoms with Crippen molar-refractivity contribution in [3.8, 4) is 5.75 Å². The number of amides is 2. The minimum Gasteiger partial charge on any atom is -0.496 e. The lowest BCUT2D eigenvalue weighted by molar-refractivity contribution is 0.238. The van der Waals surface area contributed by atoms with E-state index in [4.69, 9.17) is 21.4 Å². The molecule has 2 aromatic heterocycles. The molecule has 2 amide bonds. The molecule has 0 saturated heterocycles. The molecule has 2 aromatic carbocycles. The van der Waals surface area contributed by atoms with Gasteiger partial charge in [-0.25, -0.2) is 9.00 Å². The van der Waals surface area contributed by atoms with Gasteiger partial charge in [0.15, 0.2) is 16.8 Å². The Balaban J connectivity index is 1.59. The van der Waals surface area contributed by atoms with Crippen LogP contribution in [-0.2, 0) is 24.1 Å². The lowest BCUT2D eigenvalue weighted by Crippen LogP contribution is -2.39. The molecule has 3 N–H and O–H groups in total. The van der Waals surface area contributed by atoms with E-state index in [9.17, 15) is 9.00 Å². The fraction of sp³-hybridized carbons (Fsp3) is 0.250. The second-order valence-corrected chi connectivity index (χ2v) is 11.2. The summed E-state index contributed by atoms with van der Waals surface area (Å²) in [7, 11) is 0.0732. The van der Waals surface area contributed by atoms with Gasteiger partial charge >= 0.3 is 6.03 Å². The van der Waals surface area contributed by atoms with E-state index >= 15 is 0 Å². The van der Waals surface area contributed by atoms with Gasteiger partial charge in [0, 0.05) is 12.6 Å². The van der Waals surface area contributed by atoms with Gasteiger partial charge in [0.1, 0.15) is 9.96 Å². The number of hydrogen-bond acceptors (Lipinski definition) is 5. The van der Waals surface area contributed by atoms with Crippen molar-refractivity contribution in [2.45, 2.75) is 37.2 Å². The molecule has 4 aromatic rings. The Kier molecular flexibility index (Phi) is 7.94. The maximum Gasteiger partial charge on any atom is 0.315 e. The summed E-state index contributed by atoms with van der Waals surface area (Å²) < 4.78 is 24.5. The van der Waals surface area contributed by atoms with Crippen LogP contribution in [0.2, 0.25) is 4.34 Å². The lowest BCUT2D eigenvalue weighted by atomic mass is 10.1. The highest BCUT2D eigenvalue weighted by Crippen LogP contribution is 2.34. The summed E-state index contributed by atoms with van der Waals surface area (Å²) in [5, 5.41) is 11.2. The van der Waals surface area contributed by atoms with Gasteiger partial charge < -0.3 is 15.4 Å². The van der Waals surface area contributed by atoms with Crippen LogP contribution >= 0.6 is 22.9 Å². The number of anilines is 1. The lowest BCUT2D eigenvalue weighted by Gasteiger charge is -2.11. The first-order valence-electron chi connectivity index (χ1n) is 10.9. The Morgan fingerprint density at radius 2 is 1.94 bits per heavy atom. The number of nitrogens with one attached hydrogen (secondary N) is 3. The van der Waals surface area contributed by atoms with Gasteiger partial charge in [0.25, 0.3) is 0 Å². The molecular formula is C24H26ClN5O3S2. The molecule has 4 rings (SSSR count). The van der Waals surface area contributed by atoms with Crippen LogP contribution in [-0.4, -0.2) is 33.2 Å². The zero-order valence-electron chi connectivity index (χ0n) is 19.5. The summed E-state index contributed by atoms with van der Waals surface area (Å²) in [5.41, 5.74) is 2.83. The number of halogens is 1. The zero-order chi connectivity index (χ0) is 24.9. The Labute approximate surface area is 215 Å². The van der Waals surface area contributed by atoms with Gasteiger partial charge in [0.2, 0.25) is 0 Å². The zero-order valence-corrected chi connectivity index (χ0v) is 21.9. The molecule has 0 aliphatic heterocycles. The fourth-order valence-electron chi connectivity index (χ4n) is 3.60. The molecule has 11 heteroatoms. The van der Waals surface area contributed by atoms with E-state index < -0.39 is 11.0 Å². The van der Waals surface area contributed by atoms with Crippen LogP contribution in [0.3, 0.4) is 0 Å². The molecule has 0 fully saturated rings. The van der Waals surface area contributed by atoms with Crippen LogP contribution in [0.4, 0.5) is 10.6 Å². The minimum atomic E-state index is -1.52. The third-order valence-corrected chi connectivity index (χ3v) is 7.69. The monoisotopic (exact) mass is 531 g/mol. The molecular weight excluding hydrogens is 506 g/mol. The largest absolute Gasteiger partial charge is 0.496 e. The first kappa shape index (κ1) is 25.0. The van der Waals surface area contributed by atoms with Gasteiger partial charge in [-0.05, 0) is 49.2 Å². The van der Waals surface area contributed by atoms with Gasteiger partial charge in [-0.3, -0.25) is 9.40 Å². The van der Waals surface area contributed by atoms with Crippen LogP contribution < -0.4 is 20.1 Å². The molecule has 0 saturated carbocycles. The quantitative estimate of drug-likeness (QED) is 0.278. The molecule has 0 aliphatic carbocycles. The van der Waals surface area contributed by atoms with Crippen molar-refractivity contribution < 1.29 is 13.7 Å². The SMILES string of the molecule is COc1cccc2c1c(NS(=O)c1ccc(Cl)s1)nn2Cc1cccc(CNC(=O)NC(C)C)c1. The molecule has 8 nitrogen and oxygen atoms in total. The number of aromatic nitrogens is 2. The van der Waals surface area contributed by atoms with Crippen molar-refractivity contribution in [2.24, 2.45) is 0 Å². The van der Waals surface area contributed by atoms with E-state index in [-0.39, 0.29) is 12.1 Å². The molecule has 0 radical (unpaired) electrons. The summed E-state index contributed by atoms with van der Waals surface area (Å²) in [6, 6.07) is 17.0. The van der Waals surface area contributed by atoms with E-state index in [0.29, 0.717) is 33.2 Å². The standard InChI is InChI=1S/C24H26ClN5O3S2/c1-15(2)27-24(31)26-13-16-6-4-7-17(12-16)14-30-18-8-5-9-19(33-3)22(18)23(28-30)29-35(32)21-11-10-20(25)34-21/h4-12,15H,13-14H2,1-3H3,(H,28,29)(H2,26,27,31). The maximum absolute atomic E-state index is 12.9. The van der Waals surface area contributed by atoms with Crippen LogP contribution in [0.5, 0.6) is 5.75 Å². The van der Waals surface area contributed by atoms with E-state index in [0.717, 1.165) is 22.0 Å². The summed E-state index contributed by atoms with van der Waals surface area (Å²) in [6.07, 6.45) is 0. The molecule has 1 unspecified atom stereocenters. The molecule has 1 atom stereocenters. The average Bonchev–Trinajstić information content (AvgIpc) is 3.41. The summed E-state index contributed by atoms with van der Waals surface area (Å²) in [6.45, 7) is 4.72. The van der Waals surface area contributed by atoms with Crippen LogP contribution in [0.15, 0.2) is 58.8 Å². The molecule has 0 bridgehead atoms. The number of fused-ring (bicyclic) bond motifs is 1. The number of urea groups is 1. The van der Waals surface area contributed by atoms with Crippen molar-refractivity contribution in [1.29, 1.82) is 0 Å². The fourth-order valence-corrected chi connectivity index (χ4v) is 5.82. The number of carbonyl (C=O) groups is 1. The molecule has 35 heavy (non-hydrogen) atoms. The number of thiophene rings is 1. The Morgan fingerprint density at radius 3 is 2.66 bits per heavy atom. The highest BCUT2D eigenvalue weighted by molar-refractivity contribution is 7.88. The molecule has 0 aliphatic rings. The van der Waals surface area contributed by atoms with Gasteiger partial charge in [0.05, 0.1) is 28.9 Å². The second-order valence-electron chi connectivity index (χ2n) is 8.09. The second kappa shape index (κ2) is 11.1. The molecule has 184 valence electrons. The number of benzene rings is 2. The third kappa shape index (κ3) is 6.14. The number of methoxy groups -OCH3 is 1. The summed E-state index contributed by atoms with van der Waals surface area (Å²) in [4.78, 5) is 11.9. The first-order valence-corrected chi connectivity index (χ1v) is 13.3. The van der Waals surface area contributed by atoms with Crippen LogP contribution in [0.25, 0.3) is 10.9 Å². The van der Waals surface area contributed by atoms with Crippen molar-refractivity contribution in [2.75, 3.05) is 11.8 Å². The van der Waals surface area contributed by atoms with Crippen molar-refractivity contribution in [1.82, 2.24) is 20.4 Å². The Morgan fingerprint density at radius 1 is 1.17 bits per heavy atom. The van der Waals surface area contributed by atoms with Gasteiger partial charge in [-0.15, -0.1) is 11.3 Å². The normalized spacial score (nSPS) is 12.0. The smallest absolute Gasteiger partial charge is 0.315 e. The topological polar surface area (TPSA) is 97.3 Å². The number of rotatable bonds is 9. The number of hydrogen-bond donors (Lipinski definition) is 3. The number of nitrogens with zero attached hydrogens (tertiary/aromatic N) is 2. The Bertz CT molecular complexity index is 1370. The molecule has 2 heterocycles. The van der Waals surface area contributed by atoms with Crippen LogP contribution in [0.1, 0.15) is 25.0 Å². The van der Waals surface area contributed by atoms with Crippen LogP contribution in [0, 0.1) is 0 Å². The Hall–Kier alpha value is -3.08. The van der Waals surface area contributed by atoms with E-state index in [1.807, 2.05) is 61.0 Å². The highest BCUT2D eigenvalue weighted by Gasteiger charge is 2.18. The highest BCUT2D eigenvalue weighted by atomic mass is 35.5. The van der Waals surface area contributed by atoms with E-state index in [1.54, 1.807) is 19.2 Å². The first-order chi connectivity index (χ1) is 16.8. The molecule has 0 spiro atoms. The van der Waals surface area contributed by atoms with Gasteiger partial charge in [-0.2, -0.15) is 5.10 Å². The van der Waals surface area contributed by atoms with E-state index in [1.165, 1.54) is 11.3 Å². The predicted octanol–water partition coefficient (Wildman–Crippen LogP) is 5.15. The number of ether oxygens (including phenoxy) is 1. The van der Waals surface area contributed by atoms with Crippen molar-refractivity contribution >= 4 is 56.7 Å². The summed E-state index contributed by atoms with van der Waals surface area (Å²) >= 11 is 7.26. The summed E-state index contributed by atoms with van der Waals surface area (Å²) in [5.74, 6) is 1.09. The third-order valence-electron chi connectivity index (χ3n) is 5.08. The van der Waals surface area contributed by atoms with Gasteiger partial charge in [-0.1, -0.05) is 41.9 Å². The van der Waals surface area contributed by atoms with Crippen molar-refractivity contribution in [3.63, 3.8) is 0 Å². The number of carbonyl (C=O) groups excluding carboxylic acids is 1. The average molecular weight is 532 g/mol. The minimum absolute atomic E-state index is 0.0698.